The second kappa shape index (κ2) is 12.4. The number of carbonyl (C=O) groups is 3. The van der Waals surface area contributed by atoms with Gasteiger partial charge in [0.25, 0.3) is 5.91 Å². The highest BCUT2D eigenvalue weighted by molar-refractivity contribution is 7.18. The maximum Gasteiger partial charge on any atom is 0.409 e. The zero-order valence-electron chi connectivity index (χ0n) is 20.7. The molecule has 1 saturated heterocycles. The molecule has 194 valence electrons. The molecule has 4 amide bonds. The molecule has 0 saturated carbocycles. The van der Waals surface area contributed by atoms with Crippen molar-refractivity contribution in [1.29, 1.82) is 0 Å². The van der Waals surface area contributed by atoms with Gasteiger partial charge in [0, 0.05) is 36.4 Å². The van der Waals surface area contributed by atoms with E-state index in [4.69, 9.17) is 10.5 Å². The van der Waals surface area contributed by atoms with Gasteiger partial charge in [-0.05, 0) is 60.2 Å². The van der Waals surface area contributed by atoms with Gasteiger partial charge in [-0.3, -0.25) is 9.78 Å². The summed E-state index contributed by atoms with van der Waals surface area (Å²) in [6.07, 6.45) is 6.40. The highest BCUT2D eigenvalue weighted by Crippen LogP contribution is 2.36. The van der Waals surface area contributed by atoms with Crippen molar-refractivity contribution >= 4 is 35.1 Å². The van der Waals surface area contributed by atoms with Gasteiger partial charge in [0.2, 0.25) is 0 Å². The second-order valence-electron chi connectivity index (χ2n) is 8.89. The van der Waals surface area contributed by atoms with Gasteiger partial charge in [-0.25, -0.2) is 9.59 Å². The summed E-state index contributed by atoms with van der Waals surface area (Å²) in [6, 6.07) is 12.6. The van der Waals surface area contributed by atoms with E-state index in [0.29, 0.717) is 30.3 Å². The third-order valence-corrected chi connectivity index (χ3v) is 7.28. The van der Waals surface area contributed by atoms with Gasteiger partial charge in [-0.15, -0.1) is 11.3 Å². The number of carbonyl (C=O) groups excluding carboxylic acids is 3. The van der Waals surface area contributed by atoms with Gasteiger partial charge in [0.1, 0.15) is 4.88 Å². The average Bonchev–Trinajstić information content (AvgIpc) is 3.33. The van der Waals surface area contributed by atoms with E-state index in [2.05, 4.69) is 15.6 Å². The Hall–Kier alpha value is -3.92. The number of benzene rings is 1. The van der Waals surface area contributed by atoms with Crippen LogP contribution in [0.1, 0.15) is 42.3 Å². The molecule has 1 atom stereocenters. The summed E-state index contributed by atoms with van der Waals surface area (Å²) in [4.78, 5) is 44.2. The number of aromatic nitrogens is 1. The van der Waals surface area contributed by atoms with Crippen LogP contribution >= 0.6 is 11.3 Å². The first-order valence-electron chi connectivity index (χ1n) is 12.4. The number of thiophene rings is 1. The Morgan fingerprint density at radius 3 is 2.68 bits per heavy atom. The number of rotatable bonds is 8. The Balaban J connectivity index is 1.51. The first-order chi connectivity index (χ1) is 17.9. The number of nitrogens with one attached hydrogen (secondary N) is 2. The fourth-order valence-electron chi connectivity index (χ4n) is 4.23. The van der Waals surface area contributed by atoms with Crippen molar-refractivity contribution in [3.05, 3.63) is 59.7 Å². The van der Waals surface area contributed by atoms with Crippen LogP contribution in [0.25, 0.3) is 21.6 Å². The van der Waals surface area contributed by atoms with Crippen LogP contribution in [-0.4, -0.2) is 53.7 Å². The average molecular weight is 522 g/mol. The summed E-state index contributed by atoms with van der Waals surface area (Å²) in [5, 5.41) is 5.61. The summed E-state index contributed by atoms with van der Waals surface area (Å²) in [7, 11) is 0. The van der Waals surface area contributed by atoms with Gasteiger partial charge in [-0.1, -0.05) is 31.5 Å². The van der Waals surface area contributed by atoms with Crippen LogP contribution < -0.4 is 16.4 Å². The zero-order chi connectivity index (χ0) is 26.2. The Morgan fingerprint density at radius 1 is 1.14 bits per heavy atom. The van der Waals surface area contributed by atoms with Crippen LogP contribution in [0.5, 0.6) is 0 Å². The molecule has 9 nitrogen and oxygen atoms in total. The number of urea groups is 1. The third kappa shape index (κ3) is 6.85. The molecule has 3 heterocycles. The quantitative estimate of drug-likeness (QED) is 0.356. The van der Waals surface area contributed by atoms with Crippen LogP contribution in [0.4, 0.5) is 15.3 Å². The number of amides is 4. The number of hydrogen-bond donors (Lipinski definition) is 3. The molecule has 0 aliphatic carbocycles. The standard InChI is InChI=1S/C27H31N5O4S/c1-2-3-14-36-27(35)32-13-5-8-21(17-32)30-25(33)24-22(31-26(28)34)16-23(37-24)20-7-4-6-19(15-20)18-9-11-29-12-10-18/h4,6-7,9-12,15-16,21H,2-3,5,8,13-14,17H2,1H3,(H,30,33)(H3,28,31,34)/t21-/m0/s1. The molecule has 0 spiro atoms. The van der Waals surface area contributed by atoms with E-state index in [1.54, 1.807) is 23.4 Å². The number of ether oxygens (including phenoxy) is 1. The number of likely N-dealkylation sites (tertiary alicyclic amines) is 1. The number of piperidine rings is 1. The van der Waals surface area contributed by atoms with Crippen molar-refractivity contribution in [2.75, 3.05) is 25.0 Å². The maximum atomic E-state index is 13.3. The number of anilines is 1. The molecule has 1 aromatic carbocycles. The number of nitrogens with two attached hydrogens (primary N) is 1. The molecular weight excluding hydrogens is 490 g/mol. The largest absolute Gasteiger partial charge is 0.449 e. The number of unbranched alkanes of at least 4 members (excludes halogenated alkanes) is 1. The highest BCUT2D eigenvalue weighted by Gasteiger charge is 2.27. The van der Waals surface area contributed by atoms with Crippen molar-refractivity contribution in [3.8, 4) is 21.6 Å². The fourth-order valence-corrected chi connectivity index (χ4v) is 5.24. The van der Waals surface area contributed by atoms with Crippen molar-refractivity contribution in [2.24, 2.45) is 5.73 Å². The van der Waals surface area contributed by atoms with Gasteiger partial charge >= 0.3 is 12.1 Å². The molecule has 10 heteroatoms. The van der Waals surface area contributed by atoms with Crippen LogP contribution in [0, 0.1) is 0 Å². The van der Waals surface area contributed by atoms with Crippen molar-refractivity contribution in [1.82, 2.24) is 15.2 Å². The van der Waals surface area contributed by atoms with Crippen LogP contribution in [0.15, 0.2) is 54.9 Å². The molecule has 2 aromatic heterocycles. The van der Waals surface area contributed by atoms with Crippen LogP contribution in [0.3, 0.4) is 0 Å². The fraction of sp³-hybridized carbons (Fsp3) is 0.333. The minimum absolute atomic E-state index is 0.220. The zero-order valence-corrected chi connectivity index (χ0v) is 21.6. The predicted molar refractivity (Wildman–Crippen MR) is 145 cm³/mol. The Kier molecular flexibility index (Phi) is 8.73. The molecule has 0 radical (unpaired) electrons. The maximum absolute atomic E-state index is 13.3. The molecule has 0 bridgehead atoms. The van der Waals surface area contributed by atoms with E-state index in [1.165, 1.54) is 11.3 Å². The molecule has 37 heavy (non-hydrogen) atoms. The number of pyridine rings is 1. The Labute approximate surface area is 220 Å². The van der Waals surface area contributed by atoms with E-state index in [1.807, 2.05) is 43.3 Å². The topological polar surface area (TPSA) is 127 Å². The second-order valence-corrected chi connectivity index (χ2v) is 9.94. The molecule has 4 rings (SSSR count). The van der Waals surface area contributed by atoms with E-state index >= 15 is 0 Å². The predicted octanol–water partition coefficient (Wildman–Crippen LogP) is 5.10. The summed E-state index contributed by atoms with van der Waals surface area (Å²) < 4.78 is 5.33. The molecule has 1 aliphatic heterocycles. The van der Waals surface area contributed by atoms with E-state index in [-0.39, 0.29) is 18.0 Å². The summed E-state index contributed by atoms with van der Waals surface area (Å²) in [5.74, 6) is -0.323. The molecule has 1 aliphatic rings. The summed E-state index contributed by atoms with van der Waals surface area (Å²) in [6.45, 7) is 3.41. The smallest absolute Gasteiger partial charge is 0.409 e. The Morgan fingerprint density at radius 2 is 1.92 bits per heavy atom. The summed E-state index contributed by atoms with van der Waals surface area (Å²) in [5.41, 5.74) is 8.68. The lowest BCUT2D eigenvalue weighted by molar-refractivity contribution is 0.0798. The lowest BCUT2D eigenvalue weighted by Crippen LogP contribution is -2.49. The van der Waals surface area contributed by atoms with E-state index in [9.17, 15) is 14.4 Å². The minimum atomic E-state index is -0.748. The monoisotopic (exact) mass is 521 g/mol. The molecule has 1 fully saturated rings. The number of hydrogen-bond acceptors (Lipinski definition) is 6. The first-order valence-corrected chi connectivity index (χ1v) is 13.2. The minimum Gasteiger partial charge on any atom is -0.449 e. The molecule has 0 unspecified atom stereocenters. The number of primary amides is 1. The van der Waals surface area contributed by atoms with Gasteiger partial charge in [0.05, 0.1) is 12.3 Å². The third-order valence-electron chi connectivity index (χ3n) is 6.10. The lowest BCUT2D eigenvalue weighted by Gasteiger charge is -2.32. The molecule has 4 N–H and O–H groups in total. The van der Waals surface area contributed by atoms with Gasteiger partial charge in [-0.2, -0.15) is 0 Å². The normalized spacial score (nSPS) is 15.2. The lowest BCUT2D eigenvalue weighted by atomic mass is 10.0. The molecular formula is C27H31N5O4S. The van der Waals surface area contributed by atoms with E-state index in [0.717, 1.165) is 47.3 Å². The van der Waals surface area contributed by atoms with Crippen molar-refractivity contribution in [2.45, 2.75) is 38.6 Å². The molecule has 3 aromatic rings. The highest BCUT2D eigenvalue weighted by atomic mass is 32.1. The van der Waals surface area contributed by atoms with E-state index < -0.39 is 6.03 Å². The van der Waals surface area contributed by atoms with Crippen LogP contribution in [0.2, 0.25) is 0 Å². The summed E-state index contributed by atoms with van der Waals surface area (Å²) >= 11 is 1.28. The van der Waals surface area contributed by atoms with Gasteiger partial charge < -0.3 is 26.0 Å². The first kappa shape index (κ1) is 26.2. The van der Waals surface area contributed by atoms with Gasteiger partial charge in [0.15, 0.2) is 0 Å². The van der Waals surface area contributed by atoms with Crippen molar-refractivity contribution in [3.63, 3.8) is 0 Å². The SMILES string of the molecule is CCCCOC(=O)N1CCC[C@H](NC(=O)c2sc(-c3cccc(-c4ccncc4)c3)cc2NC(N)=O)C1. The van der Waals surface area contributed by atoms with Crippen molar-refractivity contribution < 1.29 is 19.1 Å². The Bertz CT molecular complexity index is 1250. The van der Waals surface area contributed by atoms with Crippen LogP contribution in [-0.2, 0) is 4.74 Å². The number of nitrogens with zero attached hydrogens (tertiary/aromatic N) is 2.